The van der Waals surface area contributed by atoms with E-state index in [2.05, 4.69) is 10.2 Å². The van der Waals surface area contributed by atoms with Gasteiger partial charge in [0.05, 0.1) is 5.92 Å². The molecule has 0 radical (unpaired) electrons. The van der Waals surface area contributed by atoms with E-state index < -0.39 is 13.1 Å². The quantitative estimate of drug-likeness (QED) is 0.497. The molecule has 3 atom stereocenters. The summed E-state index contributed by atoms with van der Waals surface area (Å²) in [5, 5.41) is 30.5. The molecule has 1 unspecified atom stereocenters. The molecule has 2 aliphatic rings. The predicted molar refractivity (Wildman–Crippen MR) is 76.3 cm³/mol. The van der Waals surface area contributed by atoms with Gasteiger partial charge in [-0.1, -0.05) is 6.42 Å². The van der Waals surface area contributed by atoms with Crippen LogP contribution in [0.25, 0.3) is 0 Å². The van der Waals surface area contributed by atoms with Crippen molar-refractivity contribution < 1.29 is 19.9 Å². The van der Waals surface area contributed by atoms with Gasteiger partial charge < -0.3 is 20.5 Å². The van der Waals surface area contributed by atoms with E-state index in [4.69, 9.17) is 10.0 Å². The van der Waals surface area contributed by atoms with E-state index in [1.54, 1.807) is 0 Å². The Morgan fingerprint density at radius 3 is 2.75 bits per heavy atom. The number of carboxylic acid groups (broad SMARTS) is 1. The Kier molecular flexibility index (Phi) is 5.83. The summed E-state index contributed by atoms with van der Waals surface area (Å²) < 4.78 is 0. The molecular weight excluding hydrogens is 259 g/mol. The van der Waals surface area contributed by atoms with Gasteiger partial charge in [0.15, 0.2) is 0 Å². The zero-order chi connectivity index (χ0) is 14.5. The predicted octanol–water partition coefficient (Wildman–Crippen LogP) is -0.376. The number of hydrogen-bond donors (Lipinski definition) is 4. The SMILES string of the molecule is O=C(O)[C@@H]1CN(C2CCCNC2)C[C@@H]1CCCB(O)O. The van der Waals surface area contributed by atoms with Crippen molar-refractivity contribution in [2.75, 3.05) is 26.2 Å². The molecule has 0 amide bonds. The van der Waals surface area contributed by atoms with Crippen LogP contribution in [-0.4, -0.2) is 65.4 Å². The van der Waals surface area contributed by atoms with Gasteiger partial charge >= 0.3 is 13.1 Å². The maximum Gasteiger partial charge on any atom is 0.451 e. The van der Waals surface area contributed by atoms with Gasteiger partial charge in [-0.25, -0.2) is 0 Å². The highest BCUT2D eigenvalue weighted by Crippen LogP contribution is 2.31. The number of piperidine rings is 1. The van der Waals surface area contributed by atoms with Crippen molar-refractivity contribution in [3.63, 3.8) is 0 Å². The second-order valence-electron chi connectivity index (χ2n) is 6.07. The molecule has 4 N–H and O–H groups in total. The van der Waals surface area contributed by atoms with E-state index in [0.717, 1.165) is 38.9 Å². The van der Waals surface area contributed by atoms with Crippen LogP contribution in [0.4, 0.5) is 0 Å². The van der Waals surface area contributed by atoms with E-state index in [9.17, 15) is 9.90 Å². The minimum Gasteiger partial charge on any atom is -0.481 e. The number of carboxylic acids is 1. The highest BCUT2D eigenvalue weighted by Gasteiger charge is 2.39. The number of likely N-dealkylation sites (tertiary alicyclic amines) is 1. The molecule has 114 valence electrons. The molecule has 0 aromatic rings. The van der Waals surface area contributed by atoms with E-state index in [-0.39, 0.29) is 11.8 Å². The monoisotopic (exact) mass is 284 g/mol. The lowest BCUT2D eigenvalue weighted by Crippen LogP contribution is -2.45. The van der Waals surface area contributed by atoms with Crippen LogP contribution in [0, 0.1) is 11.8 Å². The van der Waals surface area contributed by atoms with Gasteiger partial charge in [-0.3, -0.25) is 9.69 Å². The summed E-state index contributed by atoms with van der Waals surface area (Å²) in [6, 6.07) is 0.457. The summed E-state index contributed by atoms with van der Waals surface area (Å²) in [4.78, 5) is 13.7. The number of hydrogen-bond acceptors (Lipinski definition) is 5. The summed E-state index contributed by atoms with van der Waals surface area (Å²) in [5.41, 5.74) is 0. The minimum atomic E-state index is -1.28. The molecule has 2 rings (SSSR count). The van der Waals surface area contributed by atoms with Gasteiger partial charge in [0.2, 0.25) is 0 Å². The van der Waals surface area contributed by atoms with Gasteiger partial charge in [-0.2, -0.15) is 0 Å². The number of nitrogens with zero attached hydrogens (tertiary/aromatic N) is 1. The summed E-state index contributed by atoms with van der Waals surface area (Å²) >= 11 is 0. The number of rotatable bonds is 6. The average Bonchev–Trinajstić information content (AvgIpc) is 2.84. The van der Waals surface area contributed by atoms with E-state index in [1.807, 2.05) is 0 Å². The van der Waals surface area contributed by atoms with Gasteiger partial charge in [-0.05, 0) is 38.0 Å². The Bertz CT molecular complexity index is 323. The number of nitrogens with one attached hydrogen (secondary N) is 1. The minimum absolute atomic E-state index is 0.133. The zero-order valence-corrected chi connectivity index (χ0v) is 11.9. The van der Waals surface area contributed by atoms with Gasteiger partial charge in [0.25, 0.3) is 0 Å². The first-order valence-corrected chi connectivity index (χ1v) is 7.61. The molecule has 20 heavy (non-hydrogen) atoms. The summed E-state index contributed by atoms with van der Waals surface area (Å²) in [7, 11) is -1.28. The van der Waals surface area contributed by atoms with Gasteiger partial charge in [0, 0.05) is 25.7 Å². The molecule has 0 bridgehead atoms. The molecule has 2 heterocycles. The molecule has 7 heteroatoms. The fraction of sp³-hybridized carbons (Fsp3) is 0.923. The third kappa shape index (κ3) is 4.18. The van der Waals surface area contributed by atoms with Crippen LogP contribution in [0.15, 0.2) is 0 Å². The smallest absolute Gasteiger partial charge is 0.451 e. The van der Waals surface area contributed by atoms with Crippen molar-refractivity contribution in [3.05, 3.63) is 0 Å². The van der Waals surface area contributed by atoms with Crippen molar-refractivity contribution in [1.82, 2.24) is 10.2 Å². The fourth-order valence-corrected chi connectivity index (χ4v) is 3.48. The molecule has 0 aliphatic carbocycles. The standard InChI is InChI=1S/C13H25BN2O4/c17-13(18)12-9-16(11-4-2-6-15-7-11)8-10(12)3-1-5-14(19)20/h10-12,15,19-20H,1-9H2,(H,17,18)/t10-,11?,12+/m0/s1. The van der Waals surface area contributed by atoms with Crippen LogP contribution in [0.2, 0.25) is 6.32 Å². The van der Waals surface area contributed by atoms with Crippen molar-refractivity contribution in [1.29, 1.82) is 0 Å². The first-order valence-electron chi connectivity index (χ1n) is 7.61. The Balaban J connectivity index is 1.87. The lowest BCUT2D eigenvalue weighted by atomic mass is 9.80. The lowest BCUT2D eigenvalue weighted by molar-refractivity contribution is -0.142. The summed E-state index contributed by atoms with van der Waals surface area (Å²) in [6.07, 6.45) is 4.05. The molecule has 6 nitrogen and oxygen atoms in total. The topological polar surface area (TPSA) is 93.0 Å². The van der Waals surface area contributed by atoms with Crippen molar-refractivity contribution >= 4 is 13.1 Å². The second kappa shape index (κ2) is 7.40. The zero-order valence-electron chi connectivity index (χ0n) is 11.9. The van der Waals surface area contributed by atoms with Gasteiger partial charge in [0.1, 0.15) is 0 Å². The molecule has 2 saturated heterocycles. The molecular formula is C13H25BN2O4. The van der Waals surface area contributed by atoms with Crippen LogP contribution < -0.4 is 5.32 Å². The first kappa shape index (κ1) is 15.8. The Morgan fingerprint density at radius 2 is 2.15 bits per heavy atom. The molecule has 2 aliphatic heterocycles. The maximum atomic E-state index is 11.4. The second-order valence-corrected chi connectivity index (χ2v) is 6.07. The third-order valence-corrected chi connectivity index (χ3v) is 4.61. The number of aliphatic carboxylic acids is 1. The third-order valence-electron chi connectivity index (χ3n) is 4.61. The Morgan fingerprint density at radius 1 is 1.35 bits per heavy atom. The van der Waals surface area contributed by atoms with E-state index in [0.29, 0.717) is 25.3 Å². The van der Waals surface area contributed by atoms with Crippen molar-refractivity contribution in [3.8, 4) is 0 Å². The first-order chi connectivity index (χ1) is 9.58. The highest BCUT2D eigenvalue weighted by molar-refractivity contribution is 6.40. The van der Waals surface area contributed by atoms with Crippen molar-refractivity contribution in [2.45, 2.75) is 38.0 Å². The summed E-state index contributed by atoms with van der Waals surface area (Å²) in [5.74, 6) is -0.897. The molecule has 2 fully saturated rings. The maximum absolute atomic E-state index is 11.4. The molecule has 0 aromatic carbocycles. The average molecular weight is 284 g/mol. The molecule has 0 saturated carbocycles. The fourth-order valence-electron chi connectivity index (χ4n) is 3.48. The number of carbonyl (C=O) groups is 1. The Hall–Kier alpha value is -0.625. The largest absolute Gasteiger partial charge is 0.481 e. The highest BCUT2D eigenvalue weighted by atomic mass is 16.4. The normalized spacial score (nSPS) is 31.4. The van der Waals surface area contributed by atoms with Crippen LogP contribution in [-0.2, 0) is 4.79 Å². The van der Waals surface area contributed by atoms with E-state index >= 15 is 0 Å². The summed E-state index contributed by atoms with van der Waals surface area (Å²) in [6.45, 7) is 3.47. The van der Waals surface area contributed by atoms with Crippen LogP contribution in [0.1, 0.15) is 25.7 Å². The van der Waals surface area contributed by atoms with Crippen molar-refractivity contribution in [2.24, 2.45) is 11.8 Å². The molecule has 0 spiro atoms. The molecule has 0 aromatic heterocycles. The lowest BCUT2D eigenvalue weighted by Gasteiger charge is -2.31. The van der Waals surface area contributed by atoms with Gasteiger partial charge in [-0.15, -0.1) is 0 Å². The van der Waals surface area contributed by atoms with Crippen LogP contribution in [0.5, 0.6) is 0 Å². The van der Waals surface area contributed by atoms with E-state index in [1.165, 1.54) is 0 Å². The van der Waals surface area contributed by atoms with Crippen LogP contribution >= 0.6 is 0 Å². The van der Waals surface area contributed by atoms with Crippen LogP contribution in [0.3, 0.4) is 0 Å². The Labute approximate surface area is 120 Å².